The summed E-state index contributed by atoms with van der Waals surface area (Å²) in [7, 11) is 0. The molecule has 1 atom stereocenters. The number of morpholine rings is 1. The quantitative estimate of drug-likeness (QED) is 0.709. The molecule has 0 aliphatic carbocycles. The Morgan fingerprint density at radius 2 is 2.20 bits per heavy atom. The van der Waals surface area contributed by atoms with Gasteiger partial charge in [0, 0.05) is 18.1 Å². The minimum Gasteiger partial charge on any atom is -0.484 e. The summed E-state index contributed by atoms with van der Waals surface area (Å²) in [6, 6.07) is 7.00. The lowest BCUT2D eigenvalue weighted by Gasteiger charge is -2.30. The number of ether oxygens (including phenoxy) is 2. The minimum atomic E-state index is 0.0392. The van der Waals surface area contributed by atoms with Crippen LogP contribution in [0.4, 0.5) is 0 Å². The molecule has 1 aliphatic rings. The van der Waals surface area contributed by atoms with Crippen LogP contribution >= 0.6 is 23.4 Å². The lowest BCUT2D eigenvalue weighted by Crippen LogP contribution is -2.45. The number of amides is 1. The van der Waals surface area contributed by atoms with Gasteiger partial charge in [0.15, 0.2) is 6.61 Å². The summed E-state index contributed by atoms with van der Waals surface area (Å²) in [5.41, 5.74) is 0. The topological polar surface area (TPSA) is 77.7 Å². The number of hydrogen-bond acceptors (Lipinski definition) is 7. The highest BCUT2D eigenvalue weighted by molar-refractivity contribution is 7.99. The number of carbonyl (C=O) groups is 1. The fourth-order valence-electron chi connectivity index (χ4n) is 2.29. The smallest absolute Gasteiger partial charge is 0.277 e. The van der Waals surface area contributed by atoms with Gasteiger partial charge in [0.25, 0.3) is 11.1 Å². The SMILES string of the molecule is CC1CN(C(=O)CSc2nnc(COc3ccc(Cl)cc3)o2)CCO1. The summed E-state index contributed by atoms with van der Waals surface area (Å²) in [5, 5.41) is 8.84. The third kappa shape index (κ3) is 5.35. The number of rotatable bonds is 6. The van der Waals surface area contributed by atoms with Crippen molar-refractivity contribution in [3.05, 3.63) is 35.2 Å². The van der Waals surface area contributed by atoms with Crippen molar-refractivity contribution in [1.82, 2.24) is 15.1 Å². The molecule has 0 saturated carbocycles. The second-order valence-electron chi connectivity index (χ2n) is 5.51. The molecule has 2 aromatic rings. The van der Waals surface area contributed by atoms with Crippen LogP contribution in [0.1, 0.15) is 12.8 Å². The van der Waals surface area contributed by atoms with Crippen molar-refractivity contribution in [2.24, 2.45) is 0 Å². The maximum atomic E-state index is 12.2. The van der Waals surface area contributed by atoms with Gasteiger partial charge in [-0.25, -0.2) is 0 Å². The van der Waals surface area contributed by atoms with Crippen LogP contribution in [0.25, 0.3) is 0 Å². The van der Waals surface area contributed by atoms with Crippen molar-refractivity contribution in [3.8, 4) is 5.75 Å². The van der Waals surface area contributed by atoms with Crippen LogP contribution in [0.2, 0.25) is 5.02 Å². The Kier molecular flexibility index (Phi) is 6.17. The molecular weight excluding hydrogens is 366 g/mol. The van der Waals surface area contributed by atoms with E-state index in [0.717, 1.165) is 0 Å². The molecule has 9 heteroatoms. The average Bonchev–Trinajstić information content (AvgIpc) is 3.07. The van der Waals surface area contributed by atoms with Gasteiger partial charge in [-0.1, -0.05) is 23.4 Å². The molecule has 1 aromatic carbocycles. The van der Waals surface area contributed by atoms with Crippen molar-refractivity contribution in [1.29, 1.82) is 0 Å². The number of hydrogen-bond donors (Lipinski definition) is 0. The van der Waals surface area contributed by atoms with Crippen LogP contribution in [0, 0.1) is 0 Å². The minimum absolute atomic E-state index is 0.0392. The van der Waals surface area contributed by atoms with Crippen molar-refractivity contribution in [2.45, 2.75) is 24.9 Å². The summed E-state index contributed by atoms with van der Waals surface area (Å²) < 4.78 is 16.5. The Balaban J connectivity index is 1.45. The van der Waals surface area contributed by atoms with Crippen molar-refractivity contribution in [2.75, 3.05) is 25.4 Å². The van der Waals surface area contributed by atoms with Crippen molar-refractivity contribution < 1.29 is 18.7 Å². The molecule has 1 fully saturated rings. The zero-order valence-electron chi connectivity index (χ0n) is 13.7. The molecule has 1 aromatic heterocycles. The first-order valence-corrected chi connectivity index (χ1v) is 9.19. The number of halogens is 1. The monoisotopic (exact) mass is 383 g/mol. The summed E-state index contributed by atoms with van der Waals surface area (Å²) in [6.07, 6.45) is 0.0720. The molecule has 1 amide bonds. The molecular formula is C16H18ClN3O4S. The van der Waals surface area contributed by atoms with Gasteiger partial charge in [-0.2, -0.15) is 0 Å². The van der Waals surface area contributed by atoms with E-state index >= 15 is 0 Å². The van der Waals surface area contributed by atoms with Crippen LogP contribution in [-0.4, -0.2) is 52.6 Å². The first kappa shape index (κ1) is 18.0. The molecule has 7 nitrogen and oxygen atoms in total. The predicted molar refractivity (Wildman–Crippen MR) is 92.8 cm³/mol. The van der Waals surface area contributed by atoms with E-state index in [4.69, 9.17) is 25.5 Å². The van der Waals surface area contributed by atoms with Gasteiger partial charge in [0.2, 0.25) is 5.91 Å². The third-order valence-electron chi connectivity index (χ3n) is 3.54. The van der Waals surface area contributed by atoms with Gasteiger partial charge in [-0.3, -0.25) is 4.79 Å². The number of nitrogens with zero attached hydrogens (tertiary/aromatic N) is 3. The Morgan fingerprint density at radius 3 is 2.96 bits per heavy atom. The Bertz CT molecular complexity index is 710. The summed E-state index contributed by atoms with van der Waals surface area (Å²) in [5.74, 6) is 1.31. The van der Waals surface area contributed by atoms with E-state index in [0.29, 0.717) is 41.6 Å². The number of aromatic nitrogens is 2. The fraction of sp³-hybridized carbons (Fsp3) is 0.438. The van der Waals surface area contributed by atoms with E-state index in [2.05, 4.69) is 10.2 Å². The number of carbonyl (C=O) groups excluding carboxylic acids is 1. The van der Waals surface area contributed by atoms with E-state index < -0.39 is 0 Å². The maximum absolute atomic E-state index is 12.2. The van der Waals surface area contributed by atoms with Crippen LogP contribution in [0.15, 0.2) is 33.9 Å². The predicted octanol–water partition coefficient (Wildman–Crippen LogP) is 2.64. The van der Waals surface area contributed by atoms with E-state index in [1.165, 1.54) is 11.8 Å². The molecule has 1 unspecified atom stereocenters. The molecule has 25 heavy (non-hydrogen) atoms. The molecule has 0 spiro atoms. The average molecular weight is 384 g/mol. The highest BCUT2D eigenvalue weighted by Gasteiger charge is 2.22. The number of thioether (sulfide) groups is 1. The lowest BCUT2D eigenvalue weighted by molar-refractivity contribution is -0.135. The summed E-state index contributed by atoms with van der Waals surface area (Å²) in [6.45, 7) is 3.92. The molecule has 1 aliphatic heterocycles. The highest BCUT2D eigenvalue weighted by Crippen LogP contribution is 2.20. The lowest BCUT2D eigenvalue weighted by atomic mass is 10.3. The first-order chi connectivity index (χ1) is 12.1. The maximum Gasteiger partial charge on any atom is 0.277 e. The fourth-order valence-corrected chi connectivity index (χ4v) is 3.10. The highest BCUT2D eigenvalue weighted by atomic mass is 35.5. The van der Waals surface area contributed by atoms with Gasteiger partial charge >= 0.3 is 0 Å². The molecule has 0 N–H and O–H groups in total. The van der Waals surface area contributed by atoms with Gasteiger partial charge in [0.05, 0.1) is 18.5 Å². The second kappa shape index (κ2) is 8.55. The van der Waals surface area contributed by atoms with Crippen LogP contribution in [0.3, 0.4) is 0 Å². The zero-order valence-corrected chi connectivity index (χ0v) is 15.3. The molecule has 0 bridgehead atoms. The Morgan fingerprint density at radius 1 is 1.40 bits per heavy atom. The molecule has 1 saturated heterocycles. The molecule has 0 radical (unpaired) electrons. The van der Waals surface area contributed by atoms with Crippen LogP contribution in [0.5, 0.6) is 5.75 Å². The molecule has 3 rings (SSSR count). The van der Waals surface area contributed by atoms with Crippen molar-refractivity contribution >= 4 is 29.3 Å². The molecule has 134 valence electrons. The largest absolute Gasteiger partial charge is 0.484 e. The third-order valence-corrected chi connectivity index (χ3v) is 4.59. The van der Waals surface area contributed by atoms with E-state index in [1.54, 1.807) is 29.2 Å². The standard InChI is InChI=1S/C16H18ClN3O4S/c1-11-8-20(6-7-22-11)15(21)10-25-16-19-18-14(24-16)9-23-13-4-2-12(17)3-5-13/h2-5,11H,6-10H2,1H3. The van der Waals surface area contributed by atoms with Gasteiger partial charge in [0.1, 0.15) is 5.75 Å². The van der Waals surface area contributed by atoms with Crippen LogP contribution < -0.4 is 4.74 Å². The summed E-state index contributed by atoms with van der Waals surface area (Å²) >= 11 is 7.04. The molecule has 2 heterocycles. The summed E-state index contributed by atoms with van der Waals surface area (Å²) in [4.78, 5) is 14.0. The van der Waals surface area contributed by atoms with Crippen molar-refractivity contribution in [3.63, 3.8) is 0 Å². The zero-order chi connectivity index (χ0) is 17.6. The Labute approximate surface area is 154 Å². The van der Waals surface area contributed by atoms with Gasteiger partial charge in [-0.15, -0.1) is 10.2 Å². The normalized spacial score (nSPS) is 17.5. The van der Waals surface area contributed by atoms with E-state index in [1.807, 2.05) is 6.92 Å². The van der Waals surface area contributed by atoms with E-state index in [9.17, 15) is 4.79 Å². The van der Waals surface area contributed by atoms with Gasteiger partial charge < -0.3 is 18.8 Å². The first-order valence-electron chi connectivity index (χ1n) is 7.83. The Hall–Kier alpha value is -1.77. The van der Waals surface area contributed by atoms with Gasteiger partial charge in [-0.05, 0) is 31.2 Å². The second-order valence-corrected chi connectivity index (χ2v) is 6.88. The number of benzene rings is 1. The van der Waals surface area contributed by atoms with Crippen LogP contribution in [-0.2, 0) is 16.1 Å². The van der Waals surface area contributed by atoms with E-state index in [-0.39, 0.29) is 24.4 Å².